The van der Waals surface area contributed by atoms with Crippen molar-refractivity contribution < 1.29 is 19.2 Å². The fourth-order valence-electron chi connectivity index (χ4n) is 3.52. The van der Waals surface area contributed by atoms with Crippen LogP contribution in [0.25, 0.3) is 0 Å². The van der Waals surface area contributed by atoms with Gasteiger partial charge in [0.05, 0.1) is 12.6 Å². The van der Waals surface area contributed by atoms with Crippen molar-refractivity contribution in [3.8, 4) is 0 Å². The summed E-state index contributed by atoms with van der Waals surface area (Å²) < 4.78 is 0. The van der Waals surface area contributed by atoms with Gasteiger partial charge in [0, 0.05) is 19.6 Å². The van der Waals surface area contributed by atoms with Gasteiger partial charge in [0.25, 0.3) is 0 Å². The van der Waals surface area contributed by atoms with Gasteiger partial charge in [-0.1, -0.05) is 34.1 Å². The maximum absolute atomic E-state index is 13.2. The van der Waals surface area contributed by atoms with E-state index in [1.54, 1.807) is 16.8 Å². The largest absolute Gasteiger partial charge is 0.342 e. The van der Waals surface area contributed by atoms with Crippen LogP contribution in [0.4, 0.5) is 4.79 Å². The van der Waals surface area contributed by atoms with E-state index >= 15 is 0 Å². The third-order valence-corrected chi connectivity index (χ3v) is 5.52. The van der Waals surface area contributed by atoms with Gasteiger partial charge in [0.15, 0.2) is 0 Å². The molecule has 8 heteroatoms. The standard InChI is InChI=1S/C21H38N4O4/c1-8-9-15-10-16(13-26)25(12-15)19(28)18(21(4,5)6)23-20(29)22-11-17(27)24(7)14(2)3/h13-16,18H,8-12H2,1-7H3,(H2,22,23,29). The van der Waals surface area contributed by atoms with Crippen LogP contribution < -0.4 is 10.6 Å². The van der Waals surface area contributed by atoms with E-state index in [0.29, 0.717) is 18.9 Å². The summed E-state index contributed by atoms with van der Waals surface area (Å²) in [5.41, 5.74) is -0.552. The Bertz CT molecular complexity index is 600. The molecule has 0 aromatic rings. The number of likely N-dealkylation sites (N-methyl/N-ethyl adjacent to an activating group) is 1. The molecule has 166 valence electrons. The topological polar surface area (TPSA) is 98.8 Å². The van der Waals surface area contributed by atoms with E-state index in [0.717, 1.165) is 19.1 Å². The number of nitrogens with zero attached hydrogens (tertiary/aromatic N) is 2. The van der Waals surface area contributed by atoms with Gasteiger partial charge in [-0.15, -0.1) is 0 Å². The molecule has 0 bridgehead atoms. The molecular weight excluding hydrogens is 372 g/mol. The van der Waals surface area contributed by atoms with Gasteiger partial charge in [-0.2, -0.15) is 0 Å². The van der Waals surface area contributed by atoms with Crippen molar-refractivity contribution in [3.05, 3.63) is 0 Å². The summed E-state index contributed by atoms with van der Waals surface area (Å²) in [7, 11) is 1.67. The molecule has 3 unspecified atom stereocenters. The Morgan fingerprint density at radius 2 is 1.86 bits per heavy atom. The number of carbonyl (C=O) groups excluding carboxylic acids is 4. The van der Waals surface area contributed by atoms with Crippen LogP contribution in [0.5, 0.6) is 0 Å². The summed E-state index contributed by atoms with van der Waals surface area (Å²) in [6.07, 6.45) is 3.46. The lowest BCUT2D eigenvalue weighted by Gasteiger charge is -2.34. The molecule has 4 amide bonds. The summed E-state index contributed by atoms with van der Waals surface area (Å²) >= 11 is 0. The van der Waals surface area contributed by atoms with Gasteiger partial charge in [-0.05, 0) is 38.0 Å². The van der Waals surface area contributed by atoms with Crippen molar-refractivity contribution in [2.45, 2.75) is 78.9 Å². The first kappa shape index (κ1) is 24.9. The fraction of sp³-hybridized carbons (Fsp3) is 0.810. The van der Waals surface area contributed by atoms with Crippen molar-refractivity contribution >= 4 is 24.1 Å². The predicted octanol–water partition coefficient (Wildman–Crippen LogP) is 1.78. The Hall–Kier alpha value is -2.12. The highest BCUT2D eigenvalue weighted by molar-refractivity contribution is 5.91. The molecule has 1 aliphatic rings. The minimum atomic E-state index is -0.803. The number of rotatable bonds is 8. The van der Waals surface area contributed by atoms with E-state index < -0.39 is 23.5 Å². The van der Waals surface area contributed by atoms with Crippen LogP contribution in [-0.2, 0) is 14.4 Å². The monoisotopic (exact) mass is 410 g/mol. The molecule has 1 aliphatic heterocycles. The highest BCUT2D eigenvalue weighted by Gasteiger charge is 2.42. The molecule has 1 saturated heterocycles. The lowest BCUT2D eigenvalue weighted by Crippen LogP contribution is -2.58. The highest BCUT2D eigenvalue weighted by atomic mass is 16.2. The number of aldehydes is 1. The van der Waals surface area contributed by atoms with Crippen molar-refractivity contribution in [1.82, 2.24) is 20.4 Å². The van der Waals surface area contributed by atoms with Crippen molar-refractivity contribution in [2.75, 3.05) is 20.1 Å². The van der Waals surface area contributed by atoms with Gasteiger partial charge in [0.1, 0.15) is 12.3 Å². The van der Waals surface area contributed by atoms with Crippen LogP contribution in [-0.4, -0.2) is 72.2 Å². The number of carbonyl (C=O) groups is 4. The third-order valence-electron chi connectivity index (χ3n) is 5.52. The van der Waals surface area contributed by atoms with Crippen LogP contribution in [0.15, 0.2) is 0 Å². The van der Waals surface area contributed by atoms with E-state index in [-0.39, 0.29) is 24.4 Å². The van der Waals surface area contributed by atoms with Crippen molar-refractivity contribution in [2.24, 2.45) is 11.3 Å². The number of urea groups is 1. The van der Waals surface area contributed by atoms with Crippen LogP contribution in [0.1, 0.15) is 60.8 Å². The Kier molecular flexibility index (Phi) is 9.11. The minimum absolute atomic E-state index is 0.0303. The second-order valence-corrected chi connectivity index (χ2v) is 9.31. The Morgan fingerprint density at radius 1 is 1.24 bits per heavy atom. The molecule has 0 aromatic carbocycles. The molecule has 29 heavy (non-hydrogen) atoms. The normalized spacial score (nSPS) is 20.3. The zero-order valence-electron chi connectivity index (χ0n) is 18.9. The first-order valence-corrected chi connectivity index (χ1v) is 10.5. The summed E-state index contributed by atoms with van der Waals surface area (Å²) in [5, 5.41) is 5.26. The molecular formula is C21H38N4O4. The SMILES string of the molecule is CCCC1CC(C=O)N(C(=O)C(NC(=O)NCC(=O)N(C)C(C)C)C(C)(C)C)C1. The Labute approximate surface area is 174 Å². The first-order chi connectivity index (χ1) is 13.4. The quantitative estimate of drug-likeness (QED) is 0.596. The molecule has 1 rings (SSSR count). The summed E-state index contributed by atoms with van der Waals surface area (Å²) in [6.45, 7) is 11.8. The van der Waals surface area contributed by atoms with Gasteiger partial charge >= 0.3 is 6.03 Å². The van der Waals surface area contributed by atoms with E-state index in [1.165, 1.54) is 0 Å². The van der Waals surface area contributed by atoms with E-state index in [4.69, 9.17) is 0 Å². The van der Waals surface area contributed by atoms with E-state index in [1.807, 2.05) is 34.6 Å². The first-order valence-electron chi connectivity index (χ1n) is 10.5. The molecule has 1 fully saturated rings. The van der Waals surface area contributed by atoms with Crippen molar-refractivity contribution in [3.63, 3.8) is 0 Å². The molecule has 0 spiro atoms. The predicted molar refractivity (Wildman–Crippen MR) is 112 cm³/mol. The lowest BCUT2D eigenvalue weighted by atomic mass is 9.85. The van der Waals surface area contributed by atoms with Gasteiger partial charge < -0.3 is 25.2 Å². The Balaban J connectivity index is 2.82. The smallest absolute Gasteiger partial charge is 0.315 e. The van der Waals surface area contributed by atoms with E-state index in [9.17, 15) is 19.2 Å². The fourth-order valence-corrected chi connectivity index (χ4v) is 3.52. The minimum Gasteiger partial charge on any atom is -0.342 e. The molecule has 3 atom stereocenters. The third kappa shape index (κ3) is 7.01. The molecule has 1 heterocycles. The zero-order chi connectivity index (χ0) is 22.4. The summed E-state index contributed by atoms with van der Waals surface area (Å²) in [5.74, 6) is -0.163. The van der Waals surface area contributed by atoms with Gasteiger partial charge in [0.2, 0.25) is 11.8 Å². The van der Waals surface area contributed by atoms with Crippen LogP contribution >= 0.6 is 0 Å². The van der Waals surface area contributed by atoms with Crippen LogP contribution in [0, 0.1) is 11.3 Å². The number of hydrogen-bond donors (Lipinski definition) is 2. The molecule has 0 saturated carbocycles. The number of amides is 4. The van der Waals surface area contributed by atoms with Crippen LogP contribution in [0.2, 0.25) is 0 Å². The Morgan fingerprint density at radius 3 is 2.34 bits per heavy atom. The number of hydrogen-bond acceptors (Lipinski definition) is 4. The number of nitrogens with one attached hydrogen (secondary N) is 2. The average Bonchev–Trinajstić information content (AvgIpc) is 3.05. The zero-order valence-corrected chi connectivity index (χ0v) is 18.9. The van der Waals surface area contributed by atoms with Crippen molar-refractivity contribution in [1.29, 1.82) is 0 Å². The average molecular weight is 411 g/mol. The van der Waals surface area contributed by atoms with E-state index in [2.05, 4.69) is 17.6 Å². The summed E-state index contributed by atoms with van der Waals surface area (Å²) in [4.78, 5) is 52.4. The molecule has 8 nitrogen and oxygen atoms in total. The number of likely N-dealkylation sites (tertiary alicyclic amines) is 1. The summed E-state index contributed by atoms with van der Waals surface area (Å²) in [6, 6.07) is -1.79. The second kappa shape index (κ2) is 10.6. The second-order valence-electron chi connectivity index (χ2n) is 9.31. The maximum atomic E-state index is 13.2. The highest BCUT2D eigenvalue weighted by Crippen LogP contribution is 2.29. The molecule has 0 radical (unpaired) electrons. The molecule has 0 aromatic heterocycles. The molecule has 0 aliphatic carbocycles. The molecule has 2 N–H and O–H groups in total. The van der Waals surface area contributed by atoms with Crippen LogP contribution in [0.3, 0.4) is 0 Å². The van der Waals surface area contributed by atoms with Gasteiger partial charge in [-0.3, -0.25) is 9.59 Å². The van der Waals surface area contributed by atoms with Gasteiger partial charge in [-0.25, -0.2) is 4.79 Å². The maximum Gasteiger partial charge on any atom is 0.315 e. The lowest BCUT2D eigenvalue weighted by molar-refractivity contribution is -0.138.